The lowest BCUT2D eigenvalue weighted by Crippen LogP contribution is -2.11. The highest BCUT2D eigenvalue weighted by molar-refractivity contribution is 5.93. The maximum atomic E-state index is 12.3. The quantitative estimate of drug-likeness (QED) is 0.507. The van der Waals surface area contributed by atoms with Crippen molar-refractivity contribution < 1.29 is 9.53 Å². The van der Waals surface area contributed by atoms with Crippen LogP contribution in [0.1, 0.15) is 16.2 Å². The fourth-order valence-corrected chi connectivity index (χ4v) is 2.51. The monoisotopic (exact) mass is 373 g/mol. The predicted molar refractivity (Wildman–Crippen MR) is 103 cm³/mol. The lowest BCUT2D eigenvalue weighted by molar-refractivity contribution is 0.0462. The summed E-state index contributed by atoms with van der Waals surface area (Å²) in [7, 11) is 0. The molecule has 0 spiro atoms. The van der Waals surface area contributed by atoms with E-state index in [4.69, 9.17) is 10.5 Å². The Bertz CT molecular complexity index is 1140. The first-order valence-corrected chi connectivity index (χ1v) is 8.38. The molecule has 0 atom stereocenters. The molecule has 28 heavy (non-hydrogen) atoms. The third-order valence-electron chi connectivity index (χ3n) is 3.77. The number of hydrogen-bond acceptors (Lipinski definition) is 9. The van der Waals surface area contributed by atoms with Gasteiger partial charge < -0.3 is 15.8 Å². The van der Waals surface area contributed by atoms with Gasteiger partial charge in [0.2, 0.25) is 11.9 Å². The lowest BCUT2D eigenvalue weighted by atomic mass is 10.2. The van der Waals surface area contributed by atoms with Crippen LogP contribution in [0, 0.1) is 0 Å². The van der Waals surface area contributed by atoms with E-state index in [1.807, 2.05) is 30.3 Å². The van der Waals surface area contributed by atoms with E-state index in [1.165, 1.54) is 0 Å². The van der Waals surface area contributed by atoms with Gasteiger partial charge in [0.25, 0.3) is 0 Å². The summed E-state index contributed by atoms with van der Waals surface area (Å²) >= 11 is 0. The van der Waals surface area contributed by atoms with Crippen LogP contribution in [0.4, 0.5) is 17.6 Å². The number of hydrogen-bond donors (Lipinski definition) is 2. The number of nitrogens with two attached hydrogens (primary N) is 1. The molecular weight excluding hydrogens is 358 g/mol. The number of esters is 1. The fraction of sp³-hybridized carbons (Fsp3) is 0.0526. The number of ether oxygens (including phenoxy) is 1. The van der Waals surface area contributed by atoms with E-state index in [-0.39, 0.29) is 24.3 Å². The third kappa shape index (κ3) is 3.98. The summed E-state index contributed by atoms with van der Waals surface area (Å²) in [5, 5.41) is 3.03. The van der Waals surface area contributed by atoms with Crippen molar-refractivity contribution in [3.63, 3.8) is 0 Å². The number of para-hydroxylation sites is 1. The van der Waals surface area contributed by atoms with Gasteiger partial charge in [0.1, 0.15) is 0 Å². The first-order chi connectivity index (χ1) is 13.7. The molecule has 0 unspecified atom stereocenters. The van der Waals surface area contributed by atoms with E-state index in [9.17, 15) is 4.79 Å². The first kappa shape index (κ1) is 17.3. The molecule has 4 aromatic rings. The van der Waals surface area contributed by atoms with Crippen LogP contribution in [0.3, 0.4) is 0 Å². The number of carbonyl (C=O) groups is 1. The van der Waals surface area contributed by atoms with Gasteiger partial charge in [-0.3, -0.25) is 9.97 Å². The molecule has 138 valence electrons. The lowest BCUT2D eigenvalue weighted by Gasteiger charge is -2.08. The van der Waals surface area contributed by atoms with Crippen molar-refractivity contribution in [1.82, 2.24) is 24.9 Å². The Morgan fingerprint density at radius 1 is 0.964 bits per heavy atom. The van der Waals surface area contributed by atoms with Crippen LogP contribution < -0.4 is 11.1 Å². The number of anilines is 3. The van der Waals surface area contributed by atoms with E-state index < -0.39 is 5.97 Å². The number of fused-ring (bicyclic) bond motifs is 1. The second-order valence-electron chi connectivity index (χ2n) is 5.76. The molecule has 0 bridgehead atoms. The number of nitrogens with zero attached hydrogens (tertiary/aromatic N) is 5. The Balaban J connectivity index is 1.47. The van der Waals surface area contributed by atoms with E-state index in [2.05, 4.69) is 30.2 Å². The van der Waals surface area contributed by atoms with E-state index in [1.54, 1.807) is 30.6 Å². The molecular formula is C19H15N7O2. The number of nitrogen functional groups attached to an aromatic ring is 1. The van der Waals surface area contributed by atoms with Crippen LogP contribution in [-0.2, 0) is 11.3 Å². The molecule has 9 nitrogen and oxygen atoms in total. The van der Waals surface area contributed by atoms with E-state index in [0.29, 0.717) is 16.6 Å². The van der Waals surface area contributed by atoms with Gasteiger partial charge in [-0.25, -0.2) is 4.79 Å². The molecule has 0 aliphatic heterocycles. The van der Waals surface area contributed by atoms with E-state index in [0.717, 1.165) is 5.69 Å². The fourth-order valence-electron chi connectivity index (χ4n) is 2.51. The number of benzene rings is 2. The van der Waals surface area contributed by atoms with Crippen LogP contribution in [0.2, 0.25) is 0 Å². The van der Waals surface area contributed by atoms with Gasteiger partial charge in [-0.2, -0.15) is 15.0 Å². The second-order valence-corrected chi connectivity index (χ2v) is 5.76. The summed E-state index contributed by atoms with van der Waals surface area (Å²) in [5.74, 6) is 0.00940. The number of rotatable bonds is 5. The van der Waals surface area contributed by atoms with Crippen LogP contribution in [0.25, 0.3) is 11.0 Å². The second kappa shape index (κ2) is 7.62. The molecule has 0 saturated carbocycles. The minimum atomic E-state index is -0.524. The molecule has 0 radical (unpaired) electrons. The van der Waals surface area contributed by atoms with Gasteiger partial charge in [0, 0.05) is 18.1 Å². The van der Waals surface area contributed by atoms with Crippen molar-refractivity contribution in [2.45, 2.75) is 6.61 Å². The zero-order chi connectivity index (χ0) is 19.3. The largest absolute Gasteiger partial charge is 0.454 e. The van der Waals surface area contributed by atoms with Crippen molar-refractivity contribution in [2.75, 3.05) is 11.1 Å². The number of nitrogens with one attached hydrogen (secondary N) is 1. The Morgan fingerprint density at radius 2 is 1.75 bits per heavy atom. The predicted octanol–water partition coefficient (Wildman–Crippen LogP) is 2.50. The first-order valence-electron chi connectivity index (χ1n) is 8.38. The Labute approximate surface area is 159 Å². The molecule has 9 heteroatoms. The average molecular weight is 373 g/mol. The minimum absolute atomic E-state index is 0.0282. The van der Waals surface area contributed by atoms with Crippen molar-refractivity contribution in [3.8, 4) is 0 Å². The van der Waals surface area contributed by atoms with Gasteiger partial charge in [0.15, 0.2) is 12.4 Å². The van der Waals surface area contributed by atoms with E-state index >= 15 is 0 Å². The van der Waals surface area contributed by atoms with Crippen LogP contribution >= 0.6 is 0 Å². The summed E-state index contributed by atoms with van der Waals surface area (Å²) in [6, 6.07) is 14.3. The Hall–Kier alpha value is -4.14. The van der Waals surface area contributed by atoms with Gasteiger partial charge >= 0.3 is 5.97 Å². The molecule has 0 aliphatic rings. The topological polar surface area (TPSA) is 129 Å². The normalized spacial score (nSPS) is 10.6. The highest BCUT2D eigenvalue weighted by atomic mass is 16.5. The van der Waals surface area contributed by atoms with Gasteiger partial charge in [-0.05, 0) is 30.3 Å². The maximum absolute atomic E-state index is 12.3. The third-order valence-corrected chi connectivity index (χ3v) is 3.77. The average Bonchev–Trinajstić information content (AvgIpc) is 2.72. The standard InChI is InChI=1S/C19H15N7O2/c20-18-24-16(25-19(26-18)23-13-4-2-1-3-5-13)11-28-17(27)12-6-7-14-15(10-12)22-9-8-21-14/h1-10H,11H2,(H3,20,23,24,25,26). The zero-order valence-electron chi connectivity index (χ0n) is 14.6. The summed E-state index contributed by atoms with van der Waals surface area (Å²) in [6.45, 7) is -0.145. The molecule has 2 aromatic heterocycles. The van der Waals surface area contributed by atoms with Crippen LogP contribution in [0.5, 0.6) is 0 Å². The Kier molecular flexibility index (Phi) is 4.70. The molecule has 2 aromatic carbocycles. The smallest absolute Gasteiger partial charge is 0.338 e. The highest BCUT2D eigenvalue weighted by Crippen LogP contribution is 2.15. The van der Waals surface area contributed by atoms with Crippen molar-refractivity contribution in [1.29, 1.82) is 0 Å². The van der Waals surface area contributed by atoms with Crippen LogP contribution in [-0.4, -0.2) is 30.9 Å². The summed E-state index contributed by atoms with van der Waals surface area (Å²) in [4.78, 5) is 33.0. The molecule has 0 fully saturated rings. The van der Waals surface area contributed by atoms with Gasteiger partial charge in [-0.15, -0.1) is 0 Å². The van der Waals surface area contributed by atoms with Crippen molar-refractivity contribution >= 4 is 34.6 Å². The molecule has 0 aliphatic carbocycles. The highest BCUT2D eigenvalue weighted by Gasteiger charge is 2.12. The number of carbonyl (C=O) groups excluding carboxylic acids is 1. The minimum Gasteiger partial charge on any atom is -0.454 e. The Morgan fingerprint density at radius 3 is 2.57 bits per heavy atom. The van der Waals surface area contributed by atoms with Crippen LogP contribution in [0.15, 0.2) is 60.9 Å². The molecule has 2 heterocycles. The summed E-state index contributed by atoms with van der Waals surface area (Å²) < 4.78 is 5.30. The molecule has 0 amide bonds. The molecule has 3 N–H and O–H groups in total. The SMILES string of the molecule is Nc1nc(COC(=O)c2ccc3nccnc3c2)nc(Nc2ccccc2)n1. The zero-order valence-corrected chi connectivity index (χ0v) is 14.6. The molecule has 4 rings (SSSR count). The number of aromatic nitrogens is 5. The maximum Gasteiger partial charge on any atom is 0.338 e. The van der Waals surface area contributed by atoms with Crippen molar-refractivity contribution in [3.05, 3.63) is 72.3 Å². The molecule has 0 saturated heterocycles. The van der Waals surface area contributed by atoms with Gasteiger partial charge in [0.05, 0.1) is 16.6 Å². The van der Waals surface area contributed by atoms with Gasteiger partial charge in [-0.1, -0.05) is 18.2 Å². The summed E-state index contributed by atoms with van der Waals surface area (Å²) in [6.07, 6.45) is 3.15. The van der Waals surface area contributed by atoms with Crippen molar-refractivity contribution in [2.24, 2.45) is 0 Å². The summed E-state index contributed by atoms with van der Waals surface area (Å²) in [5.41, 5.74) is 8.20.